The molecule has 0 aliphatic rings. The average Bonchev–Trinajstić information content (AvgIpc) is 1.91. The van der Waals surface area contributed by atoms with Crippen molar-refractivity contribution < 1.29 is 0 Å². The quantitative estimate of drug-likeness (QED) is 0.343. The SMILES string of the molecule is NN=Nc1ccncc1. The molecule has 1 aromatic rings. The third-order valence-corrected chi connectivity index (χ3v) is 0.836. The molecule has 0 saturated carbocycles. The van der Waals surface area contributed by atoms with Crippen molar-refractivity contribution in [3.63, 3.8) is 0 Å². The molecule has 0 spiro atoms. The summed E-state index contributed by atoms with van der Waals surface area (Å²) >= 11 is 0. The van der Waals surface area contributed by atoms with Gasteiger partial charge in [0.15, 0.2) is 0 Å². The van der Waals surface area contributed by atoms with Crippen LogP contribution in [-0.2, 0) is 0 Å². The standard InChI is InChI=1S/C5H6N4/c6-9-8-5-1-3-7-4-2-5/h1-4H,(H2,6,7,8). The number of hydrogen-bond donors (Lipinski definition) is 1. The Kier molecular flexibility index (Phi) is 1.74. The van der Waals surface area contributed by atoms with E-state index in [2.05, 4.69) is 15.3 Å². The van der Waals surface area contributed by atoms with Crippen molar-refractivity contribution in [2.75, 3.05) is 0 Å². The van der Waals surface area contributed by atoms with Crippen molar-refractivity contribution in [2.45, 2.75) is 0 Å². The Labute approximate surface area is 52.4 Å². The molecule has 46 valence electrons. The van der Waals surface area contributed by atoms with Crippen LogP contribution in [0.1, 0.15) is 0 Å². The van der Waals surface area contributed by atoms with E-state index in [1.165, 1.54) is 0 Å². The molecule has 0 aromatic carbocycles. The summed E-state index contributed by atoms with van der Waals surface area (Å²) in [6.07, 6.45) is 3.26. The van der Waals surface area contributed by atoms with E-state index in [-0.39, 0.29) is 0 Å². The molecule has 0 atom stereocenters. The van der Waals surface area contributed by atoms with Gasteiger partial charge in [0.05, 0.1) is 5.69 Å². The van der Waals surface area contributed by atoms with Gasteiger partial charge in [-0.05, 0) is 12.1 Å². The molecular weight excluding hydrogens is 116 g/mol. The molecule has 0 radical (unpaired) electrons. The fourth-order valence-electron chi connectivity index (χ4n) is 0.477. The van der Waals surface area contributed by atoms with E-state index in [4.69, 9.17) is 5.84 Å². The van der Waals surface area contributed by atoms with Gasteiger partial charge in [-0.15, -0.1) is 5.11 Å². The van der Waals surface area contributed by atoms with Gasteiger partial charge in [0, 0.05) is 12.4 Å². The van der Waals surface area contributed by atoms with Crippen LogP contribution in [0, 0.1) is 0 Å². The summed E-state index contributed by atoms with van der Waals surface area (Å²) in [6, 6.07) is 3.44. The molecule has 1 rings (SSSR count). The minimum absolute atomic E-state index is 0.715. The Morgan fingerprint density at radius 2 is 2.00 bits per heavy atom. The van der Waals surface area contributed by atoms with E-state index in [1.807, 2.05) is 0 Å². The summed E-state index contributed by atoms with van der Waals surface area (Å²) in [4.78, 5) is 3.79. The number of nitrogens with two attached hydrogens (primary N) is 1. The minimum Gasteiger partial charge on any atom is -0.305 e. The zero-order valence-electron chi connectivity index (χ0n) is 4.73. The largest absolute Gasteiger partial charge is 0.305 e. The molecule has 0 aliphatic heterocycles. The first-order valence-corrected chi connectivity index (χ1v) is 2.44. The lowest BCUT2D eigenvalue weighted by molar-refractivity contribution is 1.06. The van der Waals surface area contributed by atoms with Gasteiger partial charge in [-0.25, -0.2) is 0 Å². The highest BCUT2D eigenvalue weighted by Crippen LogP contribution is 2.06. The Balaban J connectivity index is 2.85. The molecule has 2 N–H and O–H groups in total. The Bertz CT molecular complexity index is 193. The molecule has 1 heterocycles. The van der Waals surface area contributed by atoms with E-state index in [0.717, 1.165) is 0 Å². The van der Waals surface area contributed by atoms with Gasteiger partial charge in [-0.3, -0.25) is 4.98 Å². The van der Waals surface area contributed by atoms with Crippen LogP contribution in [0.15, 0.2) is 34.9 Å². The van der Waals surface area contributed by atoms with E-state index >= 15 is 0 Å². The maximum atomic E-state index is 4.80. The van der Waals surface area contributed by atoms with Crippen LogP contribution in [0.5, 0.6) is 0 Å². The highest BCUT2D eigenvalue weighted by molar-refractivity contribution is 5.31. The predicted molar refractivity (Wildman–Crippen MR) is 32.9 cm³/mol. The summed E-state index contributed by atoms with van der Waals surface area (Å²) in [5.74, 6) is 4.80. The topological polar surface area (TPSA) is 63.6 Å². The number of pyridine rings is 1. The molecular formula is C5H6N4. The van der Waals surface area contributed by atoms with Crippen molar-refractivity contribution in [3.05, 3.63) is 24.5 Å². The van der Waals surface area contributed by atoms with E-state index in [1.54, 1.807) is 24.5 Å². The van der Waals surface area contributed by atoms with Gasteiger partial charge in [0.2, 0.25) is 0 Å². The molecule has 0 bridgehead atoms. The first-order chi connectivity index (χ1) is 4.43. The zero-order valence-corrected chi connectivity index (χ0v) is 4.73. The number of rotatable bonds is 1. The fraction of sp³-hybridized carbons (Fsp3) is 0. The van der Waals surface area contributed by atoms with Crippen molar-refractivity contribution in [3.8, 4) is 0 Å². The Hall–Kier alpha value is -1.45. The van der Waals surface area contributed by atoms with Crippen molar-refractivity contribution in [1.29, 1.82) is 0 Å². The van der Waals surface area contributed by atoms with Gasteiger partial charge in [0.1, 0.15) is 0 Å². The second kappa shape index (κ2) is 2.76. The monoisotopic (exact) mass is 122 g/mol. The minimum atomic E-state index is 0.715. The Morgan fingerprint density at radius 3 is 2.56 bits per heavy atom. The molecule has 4 heteroatoms. The smallest absolute Gasteiger partial charge is 0.0904 e. The lowest BCUT2D eigenvalue weighted by atomic mass is 10.4. The molecule has 4 nitrogen and oxygen atoms in total. The molecule has 0 unspecified atom stereocenters. The second-order valence-electron chi connectivity index (χ2n) is 1.42. The lowest BCUT2D eigenvalue weighted by Gasteiger charge is -1.84. The molecule has 0 saturated heterocycles. The summed E-state index contributed by atoms with van der Waals surface area (Å²) in [5, 5.41) is 6.67. The van der Waals surface area contributed by atoms with E-state index in [9.17, 15) is 0 Å². The molecule has 0 fully saturated rings. The van der Waals surface area contributed by atoms with Crippen LogP contribution in [-0.4, -0.2) is 4.98 Å². The van der Waals surface area contributed by atoms with Gasteiger partial charge in [-0.2, -0.15) is 0 Å². The molecule has 9 heavy (non-hydrogen) atoms. The van der Waals surface area contributed by atoms with Crippen LogP contribution in [0.2, 0.25) is 0 Å². The highest BCUT2D eigenvalue weighted by atomic mass is 15.3. The highest BCUT2D eigenvalue weighted by Gasteiger charge is 1.81. The third kappa shape index (κ3) is 1.49. The van der Waals surface area contributed by atoms with Gasteiger partial charge in [0.25, 0.3) is 0 Å². The van der Waals surface area contributed by atoms with Gasteiger partial charge < -0.3 is 5.84 Å². The number of hydrogen-bond acceptors (Lipinski definition) is 3. The van der Waals surface area contributed by atoms with Gasteiger partial charge >= 0.3 is 0 Å². The predicted octanol–water partition coefficient (Wildman–Crippen LogP) is 1.04. The van der Waals surface area contributed by atoms with Crippen LogP contribution in [0.25, 0.3) is 0 Å². The lowest BCUT2D eigenvalue weighted by Crippen LogP contribution is -1.73. The van der Waals surface area contributed by atoms with Gasteiger partial charge in [-0.1, -0.05) is 5.22 Å². The first-order valence-electron chi connectivity index (χ1n) is 2.44. The number of nitrogens with zero attached hydrogens (tertiary/aromatic N) is 3. The maximum absolute atomic E-state index is 4.80. The van der Waals surface area contributed by atoms with Crippen molar-refractivity contribution in [1.82, 2.24) is 4.98 Å². The Morgan fingerprint density at radius 1 is 1.33 bits per heavy atom. The normalized spacial score (nSPS) is 10.2. The summed E-state index contributed by atoms with van der Waals surface area (Å²) in [7, 11) is 0. The first kappa shape index (κ1) is 5.68. The van der Waals surface area contributed by atoms with Crippen LogP contribution in [0.4, 0.5) is 5.69 Å². The summed E-state index contributed by atoms with van der Waals surface area (Å²) in [5.41, 5.74) is 0.715. The zero-order chi connectivity index (χ0) is 6.53. The summed E-state index contributed by atoms with van der Waals surface area (Å²) < 4.78 is 0. The third-order valence-electron chi connectivity index (χ3n) is 0.836. The fourth-order valence-corrected chi connectivity index (χ4v) is 0.477. The van der Waals surface area contributed by atoms with Crippen LogP contribution >= 0.6 is 0 Å². The number of aromatic nitrogens is 1. The average molecular weight is 122 g/mol. The maximum Gasteiger partial charge on any atom is 0.0904 e. The molecule has 1 aromatic heterocycles. The molecule has 0 aliphatic carbocycles. The van der Waals surface area contributed by atoms with Crippen molar-refractivity contribution >= 4 is 5.69 Å². The molecule has 0 amide bonds. The van der Waals surface area contributed by atoms with Crippen LogP contribution < -0.4 is 5.84 Å². The summed E-state index contributed by atoms with van der Waals surface area (Å²) in [6.45, 7) is 0. The van der Waals surface area contributed by atoms with Crippen LogP contribution in [0.3, 0.4) is 0 Å². The second-order valence-corrected chi connectivity index (χ2v) is 1.42. The van der Waals surface area contributed by atoms with Crippen molar-refractivity contribution in [2.24, 2.45) is 16.2 Å². The van der Waals surface area contributed by atoms with E-state index < -0.39 is 0 Å². The van der Waals surface area contributed by atoms with E-state index in [0.29, 0.717) is 5.69 Å².